The summed E-state index contributed by atoms with van der Waals surface area (Å²) in [7, 11) is 5.06. The molecule has 3 aromatic rings. The van der Waals surface area contributed by atoms with Crippen LogP contribution in [0.15, 0.2) is 36.7 Å². The Balaban J connectivity index is 2.14. The number of anilines is 1. The van der Waals surface area contributed by atoms with E-state index in [2.05, 4.69) is 4.98 Å². The summed E-state index contributed by atoms with van der Waals surface area (Å²) in [6.07, 6.45) is 1.75. The van der Waals surface area contributed by atoms with E-state index in [-0.39, 0.29) is 0 Å². The second-order valence-electron chi connectivity index (χ2n) is 5.93. The number of imidazole rings is 1. The quantitative estimate of drug-likeness (QED) is 0.634. The average Bonchev–Trinajstić information content (AvgIpc) is 3.04. The number of aromatic nitrogens is 2. The van der Waals surface area contributed by atoms with Gasteiger partial charge in [0.15, 0.2) is 11.5 Å². The van der Waals surface area contributed by atoms with Crippen molar-refractivity contribution in [3.63, 3.8) is 0 Å². The molecule has 0 atom stereocenters. The van der Waals surface area contributed by atoms with Crippen LogP contribution < -0.4 is 19.9 Å². The molecule has 0 spiro atoms. The molecule has 3 rings (SSSR count). The summed E-state index contributed by atoms with van der Waals surface area (Å²) in [6.45, 7) is 2.48. The van der Waals surface area contributed by atoms with Crippen molar-refractivity contribution in [1.29, 1.82) is 0 Å². The smallest absolute Gasteiger partial charge is 0.179 e. The van der Waals surface area contributed by atoms with Crippen molar-refractivity contribution < 1.29 is 14.2 Å². The van der Waals surface area contributed by atoms with Crippen molar-refractivity contribution in [2.75, 3.05) is 26.6 Å². The largest absolute Gasteiger partial charge is 0.493 e. The van der Waals surface area contributed by atoms with Gasteiger partial charge in [-0.2, -0.15) is 0 Å². The van der Waals surface area contributed by atoms with Crippen LogP contribution in [-0.4, -0.2) is 30.4 Å². The van der Waals surface area contributed by atoms with E-state index in [0.717, 1.165) is 22.5 Å². The number of aryl methyl sites for hydroxylation is 1. The lowest BCUT2D eigenvalue weighted by atomic mass is 10.0. The van der Waals surface area contributed by atoms with E-state index in [1.54, 1.807) is 20.5 Å². The Morgan fingerprint density at radius 1 is 1.07 bits per heavy atom. The van der Waals surface area contributed by atoms with Crippen LogP contribution in [0.4, 0.5) is 5.69 Å². The van der Waals surface area contributed by atoms with Crippen molar-refractivity contribution in [1.82, 2.24) is 9.55 Å². The highest BCUT2D eigenvalue weighted by molar-refractivity contribution is 6.32. The van der Waals surface area contributed by atoms with Gasteiger partial charge in [-0.3, -0.25) is 0 Å². The van der Waals surface area contributed by atoms with Gasteiger partial charge >= 0.3 is 0 Å². The maximum absolute atomic E-state index is 6.37. The predicted molar refractivity (Wildman–Crippen MR) is 108 cm³/mol. The highest BCUT2D eigenvalue weighted by atomic mass is 35.5. The molecule has 142 valence electrons. The first kappa shape index (κ1) is 18.9. The van der Waals surface area contributed by atoms with Gasteiger partial charge in [0.05, 0.1) is 49.3 Å². The zero-order valence-corrected chi connectivity index (χ0v) is 16.5. The lowest BCUT2D eigenvalue weighted by Crippen LogP contribution is -1.98. The number of nitrogens with two attached hydrogens (primary N) is 1. The standard InChI is InChI=1S/C20H22ClN3O3/c1-5-27-16-7-6-12(9-15(16)22)19-18(23-11-24(19)2)13-8-14(21)20(26-4)17(10-13)25-3/h6-11H,5,22H2,1-4H3. The van der Waals surface area contributed by atoms with Crippen LogP contribution in [0.5, 0.6) is 17.2 Å². The average molecular weight is 388 g/mol. The maximum atomic E-state index is 6.37. The Hall–Kier alpha value is -2.86. The van der Waals surface area contributed by atoms with Crippen LogP contribution in [0.2, 0.25) is 5.02 Å². The molecule has 2 aromatic carbocycles. The van der Waals surface area contributed by atoms with Crippen molar-refractivity contribution in [2.24, 2.45) is 7.05 Å². The first-order valence-corrected chi connectivity index (χ1v) is 8.83. The fourth-order valence-electron chi connectivity index (χ4n) is 3.02. The molecule has 0 unspecified atom stereocenters. The Morgan fingerprint density at radius 2 is 1.85 bits per heavy atom. The molecular weight excluding hydrogens is 366 g/mol. The summed E-state index contributed by atoms with van der Waals surface area (Å²) in [5.74, 6) is 1.70. The Morgan fingerprint density at radius 3 is 2.48 bits per heavy atom. The second kappa shape index (κ2) is 7.80. The van der Waals surface area contributed by atoms with Crippen molar-refractivity contribution in [3.8, 4) is 39.8 Å². The van der Waals surface area contributed by atoms with Gasteiger partial charge in [-0.25, -0.2) is 4.98 Å². The number of halogens is 1. The lowest BCUT2D eigenvalue weighted by molar-refractivity contribution is 0.342. The molecule has 0 fully saturated rings. The minimum atomic E-state index is 0.453. The number of hydrogen-bond acceptors (Lipinski definition) is 5. The molecule has 1 heterocycles. The molecular formula is C20H22ClN3O3. The fraction of sp³-hybridized carbons (Fsp3) is 0.250. The van der Waals surface area contributed by atoms with Gasteiger partial charge in [0.25, 0.3) is 0 Å². The van der Waals surface area contributed by atoms with E-state index in [1.807, 2.05) is 48.9 Å². The topological polar surface area (TPSA) is 71.5 Å². The summed E-state index contributed by atoms with van der Waals surface area (Å²) < 4.78 is 18.2. The molecule has 0 amide bonds. The molecule has 6 nitrogen and oxygen atoms in total. The number of hydrogen-bond donors (Lipinski definition) is 1. The number of nitrogens with zero attached hydrogens (tertiary/aromatic N) is 2. The number of methoxy groups -OCH3 is 2. The van der Waals surface area contributed by atoms with Gasteiger partial charge < -0.3 is 24.5 Å². The molecule has 0 bridgehead atoms. The normalized spacial score (nSPS) is 10.7. The predicted octanol–water partition coefficient (Wildman–Crippen LogP) is 4.41. The van der Waals surface area contributed by atoms with Crippen LogP contribution in [0.3, 0.4) is 0 Å². The summed E-state index contributed by atoms with van der Waals surface area (Å²) in [5, 5.41) is 0.453. The van der Waals surface area contributed by atoms with E-state index >= 15 is 0 Å². The van der Waals surface area contributed by atoms with Crippen LogP contribution in [-0.2, 0) is 7.05 Å². The summed E-state index contributed by atoms with van der Waals surface area (Å²) >= 11 is 6.37. The third-order valence-electron chi connectivity index (χ3n) is 4.23. The van der Waals surface area contributed by atoms with Crippen LogP contribution in [0.1, 0.15) is 6.92 Å². The Kier molecular flexibility index (Phi) is 5.46. The van der Waals surface area contributed by atoms with Gasteiger partial charge in [-0.1, -0.05) is 11.6 Å². The van der Waals surface area contributed by atoms with Gasteiger partial charge in [0.1, 0.15) is 5.75 Å². The van der Waals surface area contributed by atoms with Crippen LogP contribution in [0, 0.1) is 0 Å². The maximum Gasteiger partial charge on any atom is 0.179 e. The zero-order valence-electron chi connectivity index (χ0n) is 15.7. The minimum absolute atomic E-state index is 0.453. The summed E-state index contributed by atoms with van der Waals surface area (Å²) in [4.78, 5) is 4.56. The molecule has 0 aliphatic heterocycles. The number of benzene rings is 2. The molecule has 0 saturated heterocycles. The highest BCUT2D eigenvalue weighted by Gasteiger charge is 2.18. The third kappa shape index (κ3) is 3.53. The molecule has 2 N–H and O–H groups in total. The third-order valence-corrected chi connectivity index (χ3v) is 4.51. The molecule has 27 heavy (non-hydrogen) atoms. The van der Waals surface area contributed by atoms with E-state index < -0.39 is 0 Å². The number of rotatable bonds is 6. The summed E-state index contributed by atoms with van der Waals surface area (Å²) in [6, 6.07) is 9.38. The molecule has 0 radical (unpaired) electrons. The SMILES string of the molecule is CCOc1ccc(-c2c(-c3cc(Cl)c(OC)c(OC)c3)ncn2C)cc1N. The van der Waals surface area contributed by atoms with E-state index in [9.17, 15) is 0 Å². The van der Waals surface area contributed by atoms with Crippen molar-refractivity contribution in [2.45, 2.75) is 6.92 Å². The highest BCUT2D eigenvalue weighted by Crippen LogP contribution is 2.41. The fourth-order valence-corrected chi connectivity index (χ4v) is 3.31. The molecule has 1 aromatic heterocycles. The van der Waals surface area contributed by atoms with Gasteiger partial charge in [0.2, 0.25) is 0 Å². The molecule has 0 saturated carbocycles. The minimum Gasteiger partial charge on any atom is -0.493 e. The van der Waals surface area contributed by atoms with Gasteiger partial charge in [0, 0.05) is 18.2 Å². The monoisotopic (exact) mass is 387 g/mol. The Bertz CT molecular complexity index is 969. The first-order chi connectivity index (χ1) is 13.0. The van der Waals surface area contributed by atoms with Gasteiger partial charge in [-0.15, -0.1) is 0 Å². The molecule has 0 aliphatic carbocycles. The van der Waals surface area contributed by atoms with Crippen LogP contribution >= 0.6 is 11.6 Å². The molecule has 0 aliphatic rings. The van der Waals surface area contributed by atoms with E-state index in [1.165, 1.54) is 0 Å². The number of nitrogen functional groups attached to an aromatic ring is 1. The molecule has 7 heteroatoms. The Labute approximate surface area is 163 Å². The van der Waals surface area contributed by atoms with E-state index in [0.29, 0.717) is 34.6 Å². The van der Waals surface area contributed by atoms with Crippen molar-refractivity contribution >= 4 is 17.3 Å². The zero-order chi connectivity index (χ0) is 19.6. The first-order valence-electron chi connectivity index (χ1n) is 8.46. The second-order valence-corrected chi connectivity index (χ2v) is 6.34. The van der Waals surface area contributed by atoms with Crippen LogP contribution in [0.25, 0.3) is 22.5 Å². The van der Waals surface area contributed by atoms with Gasteiger partial charge in [-0.05, 0) is 37.3 Å². The number of ether oxygens (including phenoxy) is 3. The summed E-state index contributed by atoms with van der Waals surface area (Å²) in [5.41, 5.74) is 10.1. The van der Waals surface area contributed by atoms with Crippen molar-refractivity contribution in [3.05, 3.63) is 41.7 Å². The van der Waals surface area contributed by atoms with E-state index in [4.69, 9.17) is 31.5 Å². The lowest BCUT2D eigenvalue weighted by Gasteiger charge is -2.13.